The van der Waals surface area contributed by atoms with Gasteiger partial charge < -0.3 is 19.6 Å². The van der Waals surface area contributed by atoms with Gasteiger partial charge in [0.15, 0.2) is 0 Å². The SMILES string of the molecule is O=C(CN1CCCC1=O)N1CCN(C(=O)CN2CCCC2=O)CC1. The molecule has 0 unspecified atom stereocenters. The van der Waals surface area contributed by atoms with Gasteiger partial charge in [0.1, 0.15) is 0 Å². The third-order valence-corrected chi connectivity index (χ3v) is 4.98. The fourth-order valence-corrected chi connectivity index (χ4v) is 3.47. The van der Waals surface area contributed by atoms with E-state index in [0.717, 1.165) is 12.8 Å². The molecule has 4 amide bonds. The molecule has 3 saturated heterocycles. The topological polar surface area (TPSA) is 81.2 Å². The normalized spacial score (nSPS) is 21.8. The van der Waals surface area contributed by atoms with E-state index < -0.39 is 0 Å². The van der Waals surface area contributed by atoms with Crippen LogP contribution in [-0.4, -0.2) is 95.6 Å². The first-order chi connectivity index (χ1) is 11.5. The predicted molar refractivity (Wildman–Crippen MR) is 84.8 cm³/mol. The Bertz CT molecular complexity index is 494. The molecule has 0 aromatic rings. The Balaban J connectivity index is 1.43. The number of amides is 4. The molecule has 0 atom stereocenters. The molecule has 3 aliphatic rings. The van der Waals surface area contributed by atoms with Gasteiger partial charge >= 0.3 is 0 Å². The number of hydrogen-bond acceptors (Lipinski definition) is 4. The lowest BCUT2D eigenvalue weighted by Crippen LogP contribution is -2.54. The standard InChI is InChI=1S/C16H24N4O4/c21-13-3-1-5-19(13)11-15(23)17-7-9-18(10-8-17)16(24)12-20-6-2-4-14(20)22/h1-12H2. The van der Waals surface area contributed by atoms with Crippen LogP contribution in [0.3, 0.4) is 0 Å². The first-order valence-corrected chi connectivity index (χ1v) is 8.65. The van der Waals surface area contributed by atoms with Crippen molar-refractivity contribution in [1.29, 1.82) is 0 Å². The maximum absolute atomic E-state index is 12.3. The minimum atomic E-state index is -0.0490. The molecule has 3 fully saturated rings. The summed E-state index contributed by atoms with van der Waals surface area (Å²) in [6.07, 6.45) is 2.71. The average Bonchev–Trinajstić information content (AvgIpc) is 3.16. The minimum Gasteiger partial charge on any atom is -0.338 e. The Morgan fingerprint density at radius 3 is 1.33 bits per heavy atom. The number of carbonyl (C=O) groups excluding carboxylic acids is 4. The van der Waals surface area contributed by atoms with Crippen molar-refractivity contribution in [2.45, 2.75) is 25.7 Å². The number of nitrogens with zero attached hydrogens (tertiary/aromatic N) is 4. The molecule has 24 heavy (non-hydrogen) atoms. The largest absolute Gasteiger partial charge is 0.338 e. The summed E-state index contributed by atoms with van der Waals surface area (Å²) >= 11 is 0. The molecule has 3 heterocycles. The van der Waals surface area contributed by atoms with Crippen LogP contribution in [0, 0.1) is 0 Å². The molecule has 0 N–H and O–H groups in total. The van der Waals surface area contributed by atoms with Gasteiger partial charge in [-0.2, -0.15) is 0 Å². The van der Waals surface area contributed by atoms with Crippen molar-refractivity contribution >= 4 is 23.6 Å². The fourth-order valence-electron chi connectivity index (χ4n) is 3.47. The van der Waals surface area contributed by atoms with E-state index in [1.54, 1.807) is 19.6 Å². The third-order valence-electron chi connectivity index (χ3n) is 4.98. The van der Waals surface area contributed by atoms with Crippen LogP contribution in [0.1, 0.15) is 25.7 Å². The highest BCUT2D eigenvalue weighted by atomic mass is 16.2. The van der Waals surface area contributed by atoms with Gasteiger partial charge in [-0.25, -0.2) is 0 Å². The molecule has 0 aliphatic carbocycles. The van der Waals surface area contributed by atoms with Crippen LogP contribution in [-0.2, 0) is 19.2 Å². The van der Waals surface area contributed by atoms with E-state index >= 15 is 0 Å². The average molecular weight is 336 g/mol. The number of carbonyl (C=O) groups is 4. The second kappa shape index (κ2) is 7.19. The van der Waals surface area contributed by atoms with Crippen molar-refractivity contribution in [3.8, 4) is 0 Å². The highest BCUT2D eigenvalue weighted by molar-refractivity contribution is 5.87. The predicted octanol–water partition coefficient (Wildman–Crippen LogP) is -1.10. The van der Waals surface area contributed by atoms with Crippen LogP contribution in [0.5, 0.6) is 0 Å². The first-order valence-electron chi connectivity index (χ1n) is 8.65. The molecule has 132 valence electrons. The monoisotopic (exact) mass is 336 g/mol. The molecular weight excluding hydrogens is 312 g/mol. The molecule has 0 bridgehead atoms. The van der Waals surface area contributed by atoms with Gasteiger partial charge in [0.25, 0.3) is 0 Å². The van der Waals surface area contributed by atoms with Crippen molar-refractivity contribution in [1.82, 2.24) is 19.6 Å². The minimum absolute atomic E-state index is 0.0486. The van der Waals surface area contributed by atoms with Crippen LogP contribution in [0.4, 0.5) is 0 Å². The number of hydrogen-bond donors (Lipinski definition) is 0. The smallest absolute Gasteiger partial charge is 0.242 e. The maximum atomic E-state index is 12.3. The Hall–Kier alpha value is -2.12. The molecule has 0 spiro atoms. The quantitative estimate of drug-likeness (QED) is 0.653. The van der Waals surface area contributed by atoms with Crippen LogP contribution in [0.15, 0.2) is 0 Å². The zero-order valence-corrected chi connectivity index (χ0v) is 13.9. The van der Waals surface area contributed by atoms with E-state index in [1.807, 2.05) is 0 Å². The first kappa shape index (κ1) is 16.7. The maximum Gasteiger partial charge on any atom is 0.242 e. The molecular formula is C16H24N4O4. The second-order valence-corrected chi connectivity index (χ2v) is 6.60. The number of piperazine rings is 1. The summed E-state index contributed by atoms with van der Waals surface area (Å²) in [4.78, 5) is 54.4. The van der Waals surface area contributed by atoms with Crippen LogP contribution in [0.2, 0.25) is 0 Å². The van der Waals surface area contributed by atoms with Crippen LogP contribution < -0.4 is 0 Å². The lowest BCUT2D eigenvalue weighted by molar-refractivity contribution is -0.144. The van der Waals surface area contributed by atoms with E-state index in [9.17, 15) is 19.2 Å². The molecule has 8 heteroatoms. The molecule has 0 aromatic heterocycles. The van der Waals surface area contributed by atoms with E-state index in [-0.39, 0.29) is 36.7 Å². The highest BCUT2D eigenvalue weighted by Crippen LogP contribution is 2.12. The lowest BCUT2D eigenvalue weighted by atomic mass is 10.3. The van der Waals surface area contributed by atoms with Gasteiger partial charge in [0.05, 0.1) is 13.1 Å². The summed E-state index contributed by atoms with van der Waals surface area (Å²) in [7, 11) is 0. The summed E-state index contributed by atoms with van der Waals surface area (Å²) in [5.74, 6) is -0.000900. The van der Waals surface area contributed by atoms with Crippen molar-refractivity contribution in [3.05, 3.63) is 0 Å². The van der Waals surface area contributed by atoms with Gasteiger partial charge in [-0.3, -0.25) is 19.2 Å². The molecule has 3 aliphatic heterocycles. The summed E-state index contributed by atoms with van der Waals surface area (Å²) < 4.78 is 0. The van der Waals surface area contributed by atoms with Crippen molar-refractivity contribution in [2.75, 3.05) is 52.4 Å². The van der Waals surface area contributed by atoms with Gasteiger partial charge in [-0.05, 0) is 12.8 Å². The van der Waals surface area contributed by atoms with Gasteiger partial charge in [-0.1, -0.05) is 0 Å². The van der Waals surface area contributed by atoms with E-state index in [1.165, 1.54) is 0 Å². The zero-order valence-electron chi connectivity index (χ0n) is 13.9. The third kappa shape index (κ3) is 3.68. The Labute approximate surface area is 141 Å². The van der Waals surface area contributed by atoms with Crippen molar-refractivity contribution in [3.63, 3.8) is 0 Å². The van der Waals surface area contributed by atoms with Gasteiger partial charge in [0, 0.05) is 52.1 Å². The molecule has 8 nitrogen and oxygen atoms in total. The number of likely N-dealkylation sites (tertiary alicyclic amines) is 2. The van der Waals surface area contributed by atoms with Gasteiger partial charge in [-0.15, -0.1) is 0 Å². The van der Waals surface area contributed by atoms with Gasteiger partial charge in [0.2, 0.25) is 23.6 Å². The van der Waals surface area contributed by atoms with Crippen LogP contribution >= 0.6 is 0 Å². The highest BCUT2D eigenvalue weighted by Gasteiger charge is 2.30. The summed E-state index contributed by atoms with van der Waals surface area (Å²) in [5, 5.41) is 0. The summed E-state index contributed by atoms with van der Waals surface area (Å²) in [5.41, 5.74) is 0. The summed E-state index contributed by atoms with van der Waals surface area (Å²) in [6.45, 7) is 3.56. The molecule has 3 rings (SSSR count). The lowest BCUT2D eigenvalue weighted by Gasteiger charge is -2.36. The van der Waals surface area contributed by atoms with E-state index in [0.29, 0.717) is 52.1 Å². The van der Waals surface area contributed by atoms with Crippen molar-refractivity contribution in [2.24, 2.45) is 0 Å². The zero-order chi connectivity index (χ0) is 17.1. The summed E-state index contributed by atoms with van der Waals surface area (Å²) in [6, 6.07) is 0. The van der Waals surface area contributed by atoms with Crippen molar-refractivity contribution < 1.29 is 19.2 Å². The molecule has 0 radical (unpaired) electrons. The van der Waals surface area contributed by atoms with E-state index in [2.05, 4.69) is 0 Å². The van der Waals surface area contributed by atoms with E-state index in [4.69, 9.17) is 0 Å². The Morgan fingerprint density at radius 2 is 1.04 bits per heavy atom. The molecule has 0 aromatic carbocycles. The second-order valence-electron chi connectivity index (χ2n) is 6.60. The molecule has 0 saturated carbocycles. The van der Waals surface area contributed by atoms with Crippen LogP contribution in [0.25, 0.3) is 0 Å². The Kier molecular flexibility index (Phi) is 5.01. The Morgan fingerprint density at radius 1 is 0.667 bits per heavy atom. The number of rotatable bonds is 4. The fraction of sp³-hybridized carbons (Fsp3) is 0.750.